The molecular formula is C12H21NO2. The van der Waals surface area contributed by atoms with Crippen LogP contribution >= 0.6 is 0 Å². The van der Waals surface area contributed by atoms with Crippen LogP contribution in [0.1, 0.15) is 52.9 Å². The number of carbonyl (C=O) groups excluding carboxylic acids is 2. The van der Waals surface area contributed by atoms with Gasteiger partial charge in [0, 0.05) is 19.4 Å². The fraction of sp³-hybridized carbons (Fsp3) is 0.833. The van der Waals surface area contributed by atoms with Crippen LogP contribution in [-0.4, -0.2) is 28.7 Å². The van der Waals surface area contributed by atoms with Gasteiger partial charge in [0.15, 0.2) is 5.78 Å². The van der Waals surface area contributed by atoms with Crippen molar-refractivity contribution in [3.8, 4) is 0 Å². The molecule has 1 fully saturated rings. The molecule has 1 heterocycles. The van der Waals surface area contributed by atoms with Crippen molar-refractivity contribution in [1.82, 2.24) is 4.90 Å². The van der Waals surface area contributed by atoms with E-state index in [0.29, 0.717) is 19.4 Å². The molecule has 1 rings (SSSR count). The number of likely N-dealkylation sites (tertiary alicyclic amines) is 1. The topological polar surface area (TPSA) is 37.4 Å². The van der Waals surface area contributed by atoms with Crippen molar-refractivity contribution in [1.29, 1.82) is 0 Å². The number of Topliss-reactive ketones (excluding diaryl/α,β-unsaturated/α-hetero) is 1. The zero-order chi connectivity index (χ0) is 11.5. The van der Waals surface area contributed by atoms with E-state index < -0.39 is 5.54 Å². The third-order valence-corrected chi connectivity index (χ3v) is 3.21. The minimum absolute atomic E-state index is 0.138. The predicted molar refractivity (Wildman–Crippen MR) is 59.6 cm³/mol. The summed E-state index contributed by atoms with van der Waals surface area (Å²) in [4.78, 5) is 25.1. The molecular weight excluding hydrogens is 190 g/mol. The second-order valence-electron chi connectivity index (χ2n) is 4.73. The van der Waals surface area contributed by atoms with E-state index >= 15 is 0 Å². The molecule has 3 heteroatoms. The van der Waals surface area contributed by atoms with E-state index in [2.05, 4.69) is 6.92 Å². The maximum atomic E-state index is 11.9. The predicted octanol–water partition coefficient (Wildman–Crippen LogP) is 2.15. The van der Waals surface area contributed by atoms with Crippen molar-refractivity contribution in [2.75, 3.05) is 6.54 Å². The van der Waals surface area contributed by atoms with Crippen molar-refractivity contribution in [2.24, 2.45) is 0 Å². The summed E-state index contributed by atoms with van der Waals surface area (Å²) < 4.78 is 0. The molecule has 86 valence electrons. The van der Waals surface area contributed by atoms with Gasteiger partial charge in [0.05, 0.1) is 5.54 Å². The standard InChI is InChI=1S/C12H21NO2/c1-4-5-6-7-11(15)13-9-8-10(14)12(13,2)3/h4-9H2,1-3H3. The Labute approximate surface area is 91.8 Å². The lowest BCUT2D eigenvalue weighted by Crippen LogP contribution is -2.46. The summed E-state index contributed by atoms with van der Waals surface area (Å²) in [5, 5.41) is 0. The molecule has 1 saturated heterocycles. The number of unbranched alkanes of at least 4 members (excludes halogenated alkanes) is 2. The molecule has 0 aromatic carbocycles. The van der Waals surface area contributed by atoms with Crippen LogP contribution in [-0.2, 0) is 9.59 Å². The second kappa shape index (κ2) is 4.77. The summed E-state index contributed by atoms with van der Waals surface area (Å²) in [5.74, 6) is 0.325. The van der Waals surface area contributed by atoms with Crippen molar-refractivity contribution in [3.63, 3.8) is 0 Å². The van der Waals surface area contributed by atoms with E-state index in [1.807, 2.05) is 13.8 Å². The summed E-state index contributed by atoms with van der Waals surface area (Å²) in [6.07, 6.45) is 4.26. The summed E-state index contributed by atoms with van der Waals surface area (Å²) in [6.45, 7) is 6.42. The number of hydrogen-bond donors (Lipinski definition) is 0. The average Bonchev–Trinajstić information content (AvgIpc) is 2.42. The number of carbonyl (C=O) groups is 2. The number of hydrogen-bond acceptors (Lipinski definition) is 2. The largest absolute Gasteiger partial charge is 0.330 e. The molecule has 0 atom stereocenters. The van der Waals surface area contributed by atoms with Crippen molar-refractivity contribution < 1.29 is 9.59 Å². The molecule has 0 aliphatic carbocycles. The lowest BCUT2D eigenvalue weighted by molar-refractivity contribution is -0.138. The Kier molecular flexibility index (Phi) is 3.89. The first-order chi connectivity index (χ1) is 7.00. The fourth-order valence-electron chi connectivity index (χ4n) is 2.05. The third kappa shape index (κ3) is 2.58. The monoisotopic (exact) mass is 211 g/mol. The van der Waals surface area contributed by atoms with Gasteiger partial charge in [0.1, 0.15) is 0 Å². The zero-order valence-electron chi connectivity index (χ0n) is 10.0. The molecule has 0 unspecified atom stereocenters. The molecule has 3 nitrogen and oxygen atoms in total. The summed E-state index contributed by atoms with van der Waals surface area (Å²) >= 11 is 0. The van der Waals surface area contributed by atoms with E-state index in [1.165, 1.54) is 0 Å². The first-order valence-corrected chi connectivity index (χ1v) is 5.84. The molecule has 1 aliphatic heterocycles. The highest BCUT2D eigenvalue weighted by molar-refractivity contribution is 5.95. The van der Waals surface area contributed by atoms with Crippen LogP contribution in [0, 0.1) is 0 Å². The van der Waals surface area contributed by atoms with E-state index in [1.54, 1.807) is 4.90 Å². The number of nitrogens with zero attached hydrogens (tertiary/aromatic N) is 1. The van der Waals surface area contributed by atoms with E-state index in [0.717, 1.165) is 19.3 Å². The lowest BCUT2D eigenvalue weighted by atomic mass is 10.00. The number of rotatable bonds is 4. The smallest absolute Gasteiger partial charge is 0.223 e. The normalized spacial score (nSPS) is 19.7. The van der Waals surface area contributed by atoms with Crippen LogP contribution < -0.4 is 0 Å². The SMILES string of the molecule is CCCCCC(=O)N1CCC(=O)C1(C)C. The Bertz CT molecular complexity index is 258. The van der Waals surface area contributed by atoms with Crippen LogP contribution in [0.15, 0.2) is 0 Å². The molecule has 0 radical (unpaired) electrons. The molecule has 15 heavy (non-hydrogen) atoms. The fourth-order valence-corrected chi connectivity index (χ4v) is 2.05. The van der Waals surface area contributed by atoms with Gasteiger partial charge in [-0.25, -0.2) is 0 Å². The lowest BCUT2D eigenvalue weighted by Gasteiger charge is -2.30. The van der Waals surface area contributed by atoms with E-state index in [-0.39, 0.29) is 11.7 Å². The van der Waals surface area contributed by atoms with Gasteiger partial charge in [-0.05, 0) is 20.3 Å². The summed E-state index contributed by atoms with van der Waals surface area (Å²) in [7, 11) is 0. The molecule has 1 aliphatic rings. The van der Waals surface area contributed by atoms with Gasteiger partial charge in [-0.15, -0.1) is 0 Å². The van der Waals surface area contributed by atoms with Gasteiger partial charge in [-0.3, -0.25) is 9.59 Å². The highest BCUT2D eigenvalue weighted by atomic mass is 16.2. The molecule has 0 spiro atoms. The molecule has 0 N–H and O–H groups in total. The number of amides is 1. The van der Waals surface area contributed by atoms with Gasteiger partial charge in [-0.1, -0.05) is 19.8 Å². The Morgan fingerprint density at radius 2 is 2.07 bits per heavy atom. The van der Waals surface area contributed by atoms with Gasteiger partial charge in [-0.2, -0.15) is 0 Å². The Hall–Kier alpha value is -0.860. The highest BCUT2D eigenvalue weighted by Crippen LogP contribution is 2.26. The van der Waals surface area contributed by atoms with Gasteiger partial charge in [0.2, 0.25) is 5.91 Å². The molecule has 1 amide bonds. The zero-order valence-corrected chi connectivity index (χ0v) is 10.0. The van der Waals surface area contributed by atoms with Crippen LogP contribution in [0.4, 0.5) is 0 Å². The molecule has 0 saturated carbocycles. The maximum Gasteiger partial charge on any atom is 0.223 e. The summed E-state index contributed by atoms with van der Waals surface area (Å²) in [6, 6.07) is 0. The van der Waals surface area contributed by atoms with Crippen molar-refractivity contribution >= 4 is 11.7 Å². The summed E-state index contributed by atoms with van der Waals surface area (Å²) in [5.41, 5.74) is -0.566. The van der Waals surface area contributed by atoms with Crippen LogP contribution in [0.3, 0.4) is 0 Å². The highest BCUT2D eigenvalue weighted by Gasteiger charge is 2.42. The van der Waals surface area contributed by atoms with Crippen LogP contribution in [0.5, 0.6) is 0 Å². The van der Waals surface area contributed by atoms with E-state index in [4.69, 9.17) is 0 Å². The van der Waals surface area contributed by atoms with Gasteiger partial charge >= 0.3 is 0 Å². The van der Waals surface area contributed by atoms with Gasteiger partial charge < -0.3 is 4.90 Å². The quantitative estimate of drug-likeness (QED) is 0.668. The minimum Gasteiger partial charge on any atom is -0.330 e. The second-order valence-corrected chi connectivity index (χ2v) is 4.73. The Balaban J connectivity index is 2.50. The Morgan fingerprint density at radius 3 is 2.53 bits per heavy atom. The third-order valence-electron chi connectivity index (χ3n) is 3.21. The first kappa shape index (κ1) is 12.2. The average molecular weight is 211 g/mol. The molecule has 0 bridgehead atoms. The maximum absolute atomic E-state index is 11.9. The van der Waals surface area contributed by atoms with Crippen LogP contribution in [0.25, 0.3) is 0 Å². The molecule has 0 aromatic heterocycles. The van der Waals surface area contributed by atoms with Crippen molar-refractivity contribution in [3.05, 3.63) is 0 Å². The first-order valence-electron chi connectivity index (χ1n) is 5.84. The van der Waals surface area contributed by atoms with Crippen LogP contribution in [0.2, 0.25) is 0 Å². The van der Waals surface area contributed by atoms with Gasteiger partial charge in [0.25, 0.3) is 0 Å². The minimum atomic E-state index is -0.566. The Morgan fingerprint density at radius 1 is 1.40 bits per heavy atom. The van der Waals surface area contributed by atoms with E-state index in [9.17, 15) is 9.59 Å². The molecule has 0 aromatic rings. The van der Waals surface area contributed by atoms with Crippen molar-refractivity contribution in [2.45, 2.75) is 58.4 Å². The number of ketones is 1.